The predicted molar refractivity (Wildman–Crippen MR) is 196 cm³/mol. The molecule has 0 saturated heterocycles. The lowest BCUT2D eigenvalue weighted by Crippen LogP contribution is -1.99. The zero-order valence-electron chi connectivity index (χ0n) is 25.1. The summed E-state index contributed by atoms with van der Waals surface area (Å²) in [6, 6.07) is 62.0. The number of para-hydroxylation sites is 2. The molecule has 8 aromatic carbocycles. The van der Waals surface area contributed by atoms with Gasteiger partial charge in [-0.05, 0) is 58.1 Å². The van der Waals surface area contributed by atoms with Gasteiger partial charge in [0.15, 0.2) is 0 Å². The molecular formula is C44H28N2. The molecule has 0 aliphatic heterocycles. The van der Waals surface area contributed by atoms with Gasteiger partial charge in [-0.25, -0.2) is 0 Å². The highest BCUT2D eigenvalue weighted by Gasteiger charge is 2.22. The largest absolute Gasteiger partial charge is 0.309 e. The van der Waals surface area contributed by atoms with Gasteiger partial charge in [-0.2, -0.15) is 0 Å². The highest BCUT2D eigenvalue weighted by Crippen LogP contribution is 2.45. The molecule has 2 aromatic heterocycles. The van der Waals surface area contributed by atoms with Crippen LogP contribution in [-0.2, 0) is 0 Å². The van der Waals surface area contributed by atoms with Gasteiger partial charge in [0, 0.05) is 38.2 Å². The smallest absolute Gasteiger partial charge is 0.0618 e. The molecule has 0 N–H and O–H groups in total. The Labute approximate surface area is 266 Å². The second kappa shape index (κ2) is 9.69. The number of hydrogen-bond acceptors (Lipinski definition) is 0. The first-order valence-corrected chi connectivity index (χ1v) is 15.9. The van der Waals surface area contributed by atoms with Gasteiger partial charge in [0.1, 0.15) is 0 Å². The third-order valence-electron chi connectivity index (χ3n) is 9.67. The van der Waals surface area contributed by atoms with Gasteiger partial charge in [0.2, 0.25) is 0 Å². The zero-order valence-corrected chi connectivity index (χ0v) is 25.1. The van der Waals surface area contributed by atoms with Gasteiger partial charge >= 0.3 is 0 Å². The maximum Gasteiger partial charge on any atom is 0.0618 e. The van der Waals surface area contributed by atoms with E-state index in [2.05, 4.69) is 179 Å². The Hall–Kier alpha value is -6.12. The Morgan fingerprint density at radius 2 is 0.870 bits per heavy atom. The van der Waals surface area contributed by atoms with E-state index in [-0.39, 0.29) is 0 Å². The van der Waals surface area contributed by atoms with Crippen molar-refractivity contribution in [3.8, 4) is 22.5 Å². The van der Waals surface area contributed by atoms with E-state index in [0.717, 1.165) is 0 Å². The summed E-state index contributed by atoms with van der Waals surface area (Å²) in [5.74, 6) is 0. The van der Waals surface area contributed by atoms with E-state index < -0.39 is 0 Å². The first kappa shape index (κ1) is 25.2. The fourth-order valence-corrected chi connectivity index (χ4v) is 7.70. The third-order valence-corrected chi connectivity index (χ3v) is 9.67. The molecule has 2 heterocycles. The fraction of sp³-hybridized carbons (Fsp3) is 0. The van der Waals surface area contributed by atoms with Crippen molar-refractivity contribution >= 4 is 65.2 Å². The van der Waals surface area contributed by atoms with Crippen LogP contribution in [-0.4, -0.2) is 9.13 Å². The SMILES string of the molecule is c1ccc(-c2ccc3ccccc3c2-n2c3ccccc3c3c4c5ccccc5n(-c5ccc6ccccc6c5)c4ccc32)cc1. The number of hydrogen-bond donors (Lipinski definition) is 0. The Morgan fingerprint density at radius 1 is 0.326 bits per heavy atom. The van der Waals surface area contributed by atoms with E-state index in [0.29, 0.717) is 0 Å². The Kier molecular flexibility index (Phi) is 5.31. The topological polar surface area (TPSA) is 9.86 Å². The van der Waals surface area contributed by atoms with Gasteiger partial charge in [0.25, 0.3) is 0 Å². The molecule has 10 aromatic rings. The molecular weight excluding hydrogens is 556 g/mol. The van der Waals surface area contributed by atoms with Crippen LogP contribution in [0.1, 0.15) is 0 Å². The molecule has 2 heteroatoms. The van der Waals surface area contributed by atoms with Crippen molar-refractivity contribution in [2.24, 2.45) is 0 Å². The molecule has 214 valence electrons. The van der Waals surface area contributed by atoms with Gasteiger partial charge < -0.3 is 9.13 Å². The van der Waals surface area contributed by atoms with Crippen molar-refractivity contribution in [1.82, 2.24) is 9.13 Å². The van der Waals surface area contributed by atoms with Crippen molar-refractivity contribution in [3.05, 3.63) is 170 Å². The van der Waals surface area contributed by atoms with Crippen molar-refractivity contribution < 1.29 is 0 Å². The quantitative estimate of drug-likeness (QED) is 0.195. The molecule has 0 saturated carbocycles. The first-order chi connectivity index (χ1) is 22.8. The van der Waals surface area contributed by atoms with E-state index in [1.165, 1.54) is 87.7 Å². The van der Waals surface area contributed by atoms with Gasteiger partial charge in [-0.1, -0.05) is 133 Å². The van der Waals surface area contributed by atoms with E-state index in [1.54, 1.807) is 0 Å². The average Bonchev–Trinajstić information content (AvgIpc) is 3.64. The molecule has 10 rings (SSSR count). The predicted octanol–water partition coefficient (Wildman–Crippen LogP) is 11.9. The highest BCUT2D eigenvalue weighted by atomic mass is 15.0. The van der Waals surface area contributed by atoms with Crippen LogP contribution in [0.5, 0.6) is 0 Å². The third kappa shape index (κ3) is 3.53. The van der Waals surface area contributed by atoms with Gasteiger partial charge in [0.05, 0.1) is 27.8 Å². The Bertz CT molecular complexity index is 2800. The summed E-state index contributed by atoms with van der Waals surface area (Å²) in [5.41, 5.74) is 9.68. The lowest BCUT2D eigenvalue weighted by Gasteiger charge is -2.17. The second-order valence-corrected chi connectivity index (χ2v) is 12.1. The fourth-order valence-electron chi connectivity index (χ4n) is 7.70. The molecule has 0 unspecified atom stereocenters. The summed E-state index contributed by atoms with van der Waals surface area (Å²) < 4.78 is 4.95. The van der Waals surface area contributed by atoms with Crippen LogP contribution in [0.3, 0.4) is 0 Å². The lowest BCUT2D eigenvalue weighted by atomic mass is 9.98. The minimum atomic E-state index is 1.17. The molecule has 0 bridgehead atoms. The molecule has 0 spiro atoms. The van der Waals surface area contributed by atoms with E-state index in [4.69, 9.17) is 0 Å². The highest BCUT2D eigenvalue weighted by molar-refractivity contribution is 6.29. The molecule has 46 heavy (non-hydrogen) atoms. The maximum atomic E-state index is 2.51. The number of benzene rings is 8. The van der Waals surface area contributed by atoms with E-state index >= 15 is 0 Å². The minimum Gasteiger partial charge on any atom is -0.309 e. The average molecular weight is 585 g/mol. The monoisotopic (exact) mass is 584 g/mol. The van der Waals surface area contributed by atoms with Crippen molar-refractivity contribution in [2.75, 3.05) is 0 Å². The molecule has 0 aliphatic carbocycles. The number of rotatable bonds is 3. The van der Waals surface area contributed by atoms with Crippen LogP contribution in [0.25, 0.3) is 87.7 Å². The minimum absolute atomic E-state index is 1.17. The van der Waals surface area contributed by atoms with Gasteiger partial charge in [-0.3, -0.25) is 0 Å². The number of nitrogens with zero attached hydrogens (tertiary/aromatic N) is 2. The number of aromatic nitrogens is 2. The molecule has 2 nitrogen and oxygen atoms in total. The summed E-state index contributed by atoms with van der Waals surface area (Å²) in [6.45, 7) is 0. The summed E-state index contributed by atoms with van der Waals surface area (Å²) in [5, 5.41) is 10.1. The normalized spacial score (nSPS) is 11.9. The molecule has 0 fully saturated rings. The van der Waals surface area contributed by atoms with Crippen LogP contribution >= 0.6 is 0 Å². The summed E-state index contributed by atoms with van der Waals surface area (Å²) in [7, 11) is 0. The zero-order chi connectivity index (χ0) is 30.2. The van der Waals surface area contributed by atoms with E-state index in [9.17, 15) is 0 Å². The molecule has 0 amide bonds. The first-order valence-electron chi connectivity index (χ1n) is 15.9. The standard InChI is InChI=1S/C44H28N2/c1-2-13-30(14-3-1)35-25-23-31-15-6-7-17-34(31)44(35)46-39-21-11-9-19-37(39)43-41(46)27-26-40-42(43)36-18-8-10-20-38(36)45(40)33-24-22-29-12-4-5-16-32(29)28-33/h1-28H. The Balaban J connectivity index is 1.38. The maximum absolute atomic E-state index is 2.51. The van der Waals surface area contributed by atoms with Crippen molar-refractivity contribution in [1.29, 1.82) is 0 Å². The summed E-state index contributed by atoms with van der Waals surface area (Å²) in [6.07, 6.45) is 0. The summed E-state index contributed by atoms with van der Waals surface area (Å²) in [4.78, 5) is 0. The van der Waals surface area contributed by atoms with E-state index in [1.807, 2.05) is 0 Å². The van der Waals surface area contributed by atoms with Crippen LogP contribution in [0.4, 0.5) is 0 Å². The van der Waals surface area contributed by atoms with Gasteiger partial charge in [-0.15, -0.1) is 0 Å². The van der Waals surface area contributed by atoms with Crippen LogP contribution in [0.2, 0.25) is 0 Å². The van der Waals surface area contributed by atoms with Crippen molar-refractivity contribution in [2.45, 2.75) is 0 Å². The van der Waals surface area contributed by atoms with Crippen LogP contribution in [0, 0.1) is 0 Å². The van der Waals surface area contributed by atoms with Crippen LogP contribution in [0.15, 0.2) is 170 Å². The molecule has 0 atom stereocenters. The molecule has 0 radical (unpaired) electrons. The second-order valence-electron chi connectivity index (χ2n) is 12.1. The van der Waals surface area contributed by atoms with Crippen LogP contribution < -0.4 is 0 Å². The summed E-state index contributed by atoms with van der Waals surface area (Å²) >= 11 is 0. The Morgan fingerprint density at radius 3 is 1.61 bits per heavy atom. The number of fused-ring (bicyclic) bond motifs is 9. The van der Waals surface area contributed by atoms with Crippen molar-refractivity contribution in [3.63, 3.8) is 0 Å². The molecule has 0 aliphatic rings. The lowest BCUT2D eigenvalue weighted by molar-refractivity contribution is 1.18.